The molecule has 0 amide bonds. The first-order valence-electron chi connectivity index (χ1n) is 5.36. The molecule has 3 atom stereocenters. The topological polar surface area (TPSA) is 17.1 Å². The molecule has 0 N–H and O–H groups in total. The quantitative estimate of drug-likeness (QED) is 0.637. The summed E-state index contributed by atoms with van der Waals surface area (Å²) in [6, 6.07) is 0. The van der Waals surface area contributed by atoms with Crippen LogP contribution < -0.4 is 0 Å². The van der Waals surface area contributed by atoms with Crippen LogP contribution >= 0.6 is 0 Å². The molecule has 0 aromatic rings. The predicted molar refractivity (Wildman–Crippen MR) is 55.5 cm³/mol. The number of allylic oxidation sites excluding steroid dienone is 2. The van der Waals surface area contributed by atoms with Crippen molar-refractivity contribution in [2.75, 3.05) is 0 Å². The Bertz CT molecular complexity index is 227. The second-order valence-electron chi connectivity index (χ2n) is 4.12. The van der Waals surface area contributed by atoms with E-state index in [1.807, 2.05) is 6.08 Å². The van der Waals surface area contributed by atoms with Crippen molar-refractivity contribution in [1.29, 1.82) is 0 Å². The highest BCUT2D eigenvalue weighted by molar-refractivity contribution is 5.93. The average Bonchev–Trinajstić information content (AvgIpc) is 2.12. The minimum absolute atomic E-state index is 0.232. The molecular weight excluding hydrogens is 160 g/mol. The zero-order chi connectivity index (χ0) is 10.0. The lowest BCUT2D eigenvalue weighted by atomic mass is 9.71. The van der Waals surface area contributed by atoms with Gasteiger partial charge in [0.05, 0.1) is 0 Å². The maximum atomic E-state index is 11.6. The monoisotopic (exact) mass is 180 g/mol. The van der Waals surface area contributed by atoms with Gasteiger partial charge >= 0.3 is 0 Å². The molecule has 1 aliphatic carbocycles. The van der Waals surface area contributed by atoms with Crippen molar-refractivity contribution in [2.45, 2.75) is 40.5 Å². The lowest BCUT2D eigenvalue weighted by Crippen LogP contribution is -2.30. The summed E-state index contributed by atoms with van der Waals surface area (Å²) < 4.78 is 0. The van der Waals surface area contributed by atoms with Gasteiger partial charge in [-0.1, -0.05) is 39.7 Å². The van der Waals surface area contributed by atoms with Crippen LogP contribution in [0.15, 0.2) is 11.6 Å². The summed E-state index contributed by atoms with van der Waals surface area (Å²) in [5.41, 5.74) is 1.34. The number of carbonyl (C=O) groups excluding carboxylic acids is 1. The maximum Gasteiger partial charge on any atom is 0.158 e. The van der Waals surface area contributed by atoms with Crippen molar-refractivity contribution in [1.82, 2.24) is 0 Å². The molecule has 0 saturated carbocycles. The van der Waals surface area contributed by atoms with Gasteiger partial charge in [0.2, 0.25) is 0 Å². The fourth-order valence-corrected chi connectivity index (χ4v) is 2.50. The minimum Gasteiger partial charge on any atom is -0.295 e. The zero-order valence-electron chi connectivity index (χ0n) is 9.13. The summed E-state index contributed by atoms with van der Waals surface area (Å²) in [6.45, 7) is 8.64. The first kappa shape index (κ1) is 10.5. The van der Waals surface area contributed by atoms with Gasteiger partial charge in [-0.3, -0.25) is 4.79 Å². The predicted octanol–water partition coefficient (Wildman–Crippen LogP) is 3.20. The van der Waals surface area contributed by atoms with Crippen molar-refractivity contribution in [3.05, 3.63) is 11.6 Å². The number of hydrogen-bond donors (Lipinski definition) is 0. The van der Waals surface area contributed by atoms with Crippen LogP contribution in [0.3, 0.4) is 0 Å². The van der Waals surface area contributed by atoms with E-state index in [1.54, 1.807) is 0 Å². The zero-order valence-corrected chi connectivity index (χ0v) is 9.13. The highest BCUT2D eigenvalue weighted by atomic mass is 16.1. The van der Waals surface area contributed by atoms with Gasteiger partial charge in [0.15, 0.2) is 5.78 Å². The molecule has 0 aromatic heterocycles. The average molecular weight is 180 g/mol. The van der Waals surface area contributed by atoms with Crippen LogP contribution in [0, 0.1) is 17.8 Å². The van der Waals surface area contributed by atoms with Gasteiger partial charge in [-0.05, 0) is 24.3 Å². The molecule has 0 spiro atoms. The molecule has 0 aliphatic heterocycles. The smallest absolute Gasteiger partial charge is 0.158 e. The molecule has 0 radical (unpaired) electrons. The Morgan fingerprint density at radius 3 is 2.31 bits per heavy atom. The molecule has 0 heterocycles. The molecular formula is C12H20O. The molecule has 0 saturated heterocycles. The van der Waals surface area contributed by atoms with Crippen molar-refractivity contribution in [2.24, 2.45) is 17.8 Å². The number of carbonyl (C=O) groups is 1. The van der Waals surface area contributed by atoms with E-state index < -0.39 is 0 Å². The molecule has 13 heavy (non-hydrogen) atoms. The lowest BCUT2D eigenvalue weighted by Gasteiger charge is -2.33. The van der Waals surface area contributed by atoms with Crippen LogP contribution in [-0.4, -0.2) is 5.78 Å². The number of ketones is 1. The molecule has 0 aromatic carbocycles. The van der Waals surface area contributed by atoms with E-state index in [2.05, 4.69) is 27.7 Å². The first-order valence-corrected chi connectivity index (χ1v) is 5.36. The fourth-order valence-electron chi connectivity index (χ4n) is 2.50. The second kappa shape index (κ2) is 4.08. The van der Waals surface area contributed by atoms with Crippen molar-refractivity contribution in [3.63, 3.8) is 0 Å². The summed E-state index contributed by atoms with van der Waals surface area (Å²) in [7, 11) is 0. The van der Waals surface area contributed by atoms with E-state index in [0.29, 0.717) is 17.6 Å². The Hall–Kier alpha value is -0.590. The summed E-state index contributed by atoms with van der Waals surface area (Å²) in [6.07, 6.45) is 4.02. The maximum absolute atomic E-state index is 11.6. The van der Waals surface area contributed by atoms with Crippen LogP contribution in [0.2, 0.25) is 0 Å². The summed E-state index contributed by atoms with van der Waals surface area (Å²) in [5.74, 6) is 1.73. The van der Waals surface area contributed by atoms with E-state index in [9.17, 15) is 4.79 Å². The van der Waals surface area contributed by atoms with Gasteiger partial charge in [-0.15, -0.1) is 0 Å². The SMILES string of the molecule is CCC1=CC(=O)[C@H](C)[C@H](CC)[C@H]1C. The Kier molecular flexibility index (Phi) is 3.29. The standard InChI is InChI=1S/C12H20O/c1-5-10-7-12(13)9(4)11(6-2)8(10)3/h7-9,11H,5-6H2,1-4H3/t8-,9+,11+/m0/s1. The largest absolute Gasteiger partial charge is 0.295 e. The van der Waals surface area contributed by atoms with Crippen LogP contribution in [-0.2, 0) is 4.79 Å². The van der Waals surface area contributed by atoms with E-state index >= 15 is 0 Å². The molecule has 1 aliphatic rings. The van der Waals surface area contributed by atoms with Crippen LogP contribution in [0.1, 0.15) is 40.5 Å². The van der Waals surface area contributed by atoms with Crippen LogP contribution in [0.25, 0.3) is 0 Å². The summed E-state index contributed by atoms with van der Waals surface area (Å²) >= 11 is 0. The first-order chi connectivity index (χ1) is 6.11. The van der Waals surface area contributed by atoms with Crippen LogP contribution in [0.5, 0.6) is 0 Å². The molecule has 1 heteroatoms. The fraction of sp³-hybridized carbons (Fsp3) is 0.750. The number of hydrogen-bond acceptors (Lipinski definition) is 1. The van der Waals surface area contributed by atoms with Gasteiger partial charge in [-0.2, -0.15) is 0 Å². The Balaban J connectivity index is 2.92. The van der Waals surface area contributed by atoms with Gasteiger partial charge in [0, 0.05) is 5.92 Å². The van der Waals surface area contributed by atoms with Gasteiger partial charge in [-0.25, -0.2) is 0 Å². The third-order valence-electron chi connectivity index (χ3n) is 3.53. The second-order valence-corrected chi connectivity index (χ2v) is 4.12. The highest BCUT2D eigenvalue weighted by Crippen LogP contribution is 2.35. The Morgan fingerprint density at radius 1 is 1.23 bits per heavy atom. The normalized spacial score (nSPS) is 34.6. The van der Waals surface area contributed by atoms with Gasteiger partial charge in [0.1, 0.15) is 0 Å². The third-order valence-corrected chi connectivity index (χ3v) is 3.53. The van der Waals surface area contributed by atoms with Crippen molar-refractivity contribution in [3.8, 4) is 0 Å². The summed E-state index contributed by atoms with van der Waals surface area (Å²) in [5, 5.41) is 0. The minimum atomic E-state index is 0.232. The van der Waals surface area contributed by atoms with Crippen molar-refractivity contribution >= 4 is 5.78 Å². The van der Waals surface area contributed by atoms with Gasteiger partial charge < -0.3 is 0 Å². The van der Waals surface area contributed by atoms with E-state index in [1.165, 1.54) is 5.57 Å². The molecule has 0 unspecified atom stereocenters. The molecule has 1 nitrogen and oxygen atoms in total. The Labute approximate surface area is 81.2 Å². The summed E-state index contributed by atoms with van der Waals surface area (Å²) in [4.78, 5) is 11.6. The molecule has 1 rings (SSSR count). The van der Waals surface area contributed by atoms with Gasteiger partial charge in [0.25, 0.3) is 0 Å². The van der Waals surface area contributed by atoms with E-state index in [-0.39, 0.29) is 5.92 Å². The number of rotatable bonds is 2. The van der Waals surface area contributed by atoms with E-state index in [0.717, 1.165) is 12.8 Å². The third kappa shape index (κ3) is 1.84. The molecule has 74 valence electrons. The van der Waals surface area contributed by atoms with Crippen molar-refractivity contribution < 1.29 is 4.79 Å². The lowest BCUT2D eigenvalue weighted by molar-refractivity contribution is -0.120. The highest BCUT2D eigenvalue weighted by Gasteiger charge is 2.32. The molecule has 0 bridgehead atoms. The van der Waals surface area contributed by atoms with E-state index in [4.69, 9.17) is 0 Å². The van der Waals surface area contributed by atoms with Crippen LogP contribution in [0.4, 0.5) is 0 Å². The molecule has 0 fully saturated rings. The Morgan fingerprint density at radius 2 is 1.85 bits per heavy atom.